The summed E-state index contributed by atoms with van der Waals surface area (Å²) in [5.74, 6) is 16.5. The van der Waals surface area contributed by atoms with Crippen molar-refractivity contribution in [2.24, 2.45) is 29.6 Å². The predicted molar refractivity (Wildman–Crippen MR) is 542 cm³/mol. The van der Waals surface area contributed by atoms with Crippen LogP contribution in [0.4, 0.5) is 0 Å². The summed E-state index contributed by atoms with van der Waals surface area (Å²) in [5, 5.41) is 0. The fourth-order valence-corrected chi connectivity index (χ4v) is 19.8. The third kappa shape index (κ3) is 34.5. The lowest BCUT2D eigenvalue weighted by molar-refractivity contribution is 0.301. The third-order valence-corrected chi connectivity index (χ3v) is 28.0. The third-order valence-electron chi connectivity index (χ3n) is 28.0. The first-order chi connectivity index (χ1) is 64.5. The van der Waals surface area contributed by atoms with E-state index in [1.54, 1.807) is 0 Å². The average molecular weight is 1780 g/mol. The standard InChI is InChI=1S/C26H38N2O.C24H34N2O.C23H32N2O.C22H30N2O.C21H28N2O/c1-3-5-6-7-8-9-21-10-12-22(13-11-21)24-19-27-26(28-20-24)23-14-16-25(17-15-23)29-18-4-2;1-3-5-6-7-19-8-10-20(11-9-19)22-17-25-24(26-18-22)21-12-14-23(15-13-21)27-16-4-2;1-3-5-6-18-7-9-19(10-8-18)21-16-24-23(25-17-21)20-11-13-22(14-12-20)26-15-4-2;1-3-5-17-6-8-18(9-7-17)20-15-23-22(24-16-20)19-10-12-21(13-11-19)25-14-4-2;1-3-13-24-20-11-9-18(10-12-20)21-22-14-19(15-23-21)17-7-5-16(4-2)6-8-17/h14-17,19-22H,3-13,18H2,1-2H3;12-15,17-20H,3-11,16H2,1-2H3;11-14,16-19H,3-10,15H2,1-2H3;10-13,15-18H,3-9,14H2,1-2H3;9-12,14-17H,3-8,13H2,1-2H3. The van der Waals surface area contributed by atoms with E-state index < -0.39 is 0 Å². The van der Waals surface area contributed by atoms with Crippen molar-refractivity contribution >= 4 is 0 Å². The minimum absolute atomic E-state index is 0.644. The van der Waals surface area contributed by atoms with Crippen LogP contribution in [0, 0.1) is 29.6 Å². The molecule has 5 aromatic carbocycles. The molecule has 0 aliphatic heterocycles. The van der Waals surface area contributed by atoms with Crippen molar-refractivity contribution in [1.82, 2.24) is 49.8 Å². The zero-order valence-electron chi connectivity index (χ0n) is 82.1. The largest absolute Gasteiger partial charge is 0.494 e. The lowest BCUT2D eigenvalue weighted by Crippen LogP contribution is -2.14. The molecule has 5 aliphatic rings. The number of rotatable bonds is 41. The molecule has 15 nitrogen and oxygen atoms in total. The Bertz CT molecular complexity index is 4620. The second-order valence-corrected chi connectivity index (χ2v) is 38.2. The quantitative estimate of drug-likeness (QED) is 0.0331. The van der Waals surface area contributed by atoms with Crippen molar-refractivity contribution in [3.05, 3.63) is 211 Å². The van der Waals surface area contributed by atoms with Crippen LogP contribution in [-0.2, 0) is 0 Å². The van der Waals surface area contributed by atoms with E-state index in [2.05, 4.69) is 131 Å². The molecule has 0 spiro atoms. The highest BCUT2D eigenvalue weighted by atomic mass is 16.5. The van der Waals surface area contributed by atoms with E-state index in [0.29, 0.717) is 29.6 Å². The van der Waals surface area contributed by atoms with Crippen LogP contribution in [0.1, 0.15) is 390 Å². The Morgan fingerprint density at radius 2 is 0.382 bits per heavy atom. The average Bonchev–Trinajstić information content (AvgIpc) is 0.848. The minimum atomic E-state index is 0.644. The maximum atomic E-state index is 5.65. The molecule has 15 rings (SSSR count). The van der Waals surface area contributed by atoms with Crippen molar-refractivity contribution < 1.29 is 23.7 Å². The second-order valence-electron chi connectivity index (χ2n) is 38.2. The summed E-state index contributed by atoms with van der Waals surface area (Å²) in [5.41, 5.74) is 11.8. The van der Waals surface area contributed by atoms with Crippen LogP contribution in [0.25, 0.3) is 56.9 Å². The molecule has 5 heterocycles. The van der Waals surface area contributed by atoms with Gasteiger partial charge in [0.25, 0.3) is 0 Å². The number of benzene rings is 5. The SMILES string of the molecule is CCCCC1CCC(c2cnc(-c3ccc(OCCC)cc3)nc2)CC1.CCCCCC1CCC(c2cnc(-c3ccc(OCCC)cc3)nc2)CC1.CCCCCCCC1CCC(c2cnc(-c3ccc(OCCC)cc3)nc2)CC1.CCCOc1ccc(-c2ncc(C3CCC(CC)CC3)cn2)cc1.CCCOc1ccc(-c2ncc(C3CCC(CCC)CC3)cn2)cc1. The molecular weight excluding hydrogens is 1610 g/mol. The van der Waals surface area contributed by atoms with Gasteiger partial charge < -0.3 is 23.7 Å². The molecule has 5 aliphatic carbocycles. The summed E-state index contributed by atoms with van der Waals surface area (Å²) in [6.45, 7) is 25.8. The van der Waals surface area contributed by atoms with Gasteiger partial charge in [0.2, 0.25) is 0 Å². The van der Waals surface area contributed by atoms with Crippen molar-refractivity contribution in [3.63, 3.8) is 0 Å². The minimum Gasteiger partial charge on any atom is -0.494 e. The Balaban J connectivity index is 0.000000158. The lowest BCUT2D eigenvalue weighted by Gasteiger charge is -2.28. The van der Waals surface area contributed by atoms with Gasteiger partial charge in [0.15, 0.2) is 29.1 Å². The van der Waals surface area contributed by atoms with Gasteiger partial charge in [0.05, 0.1) is 33.0 Å². The van der Waals surface area contributed by atoms with Gasteiger partial charge in [-0.05, 0) is 369 Å². The van der Waals surface area contributed by atoms with Crippen molar-refractivity contribution in [1.29, 1.82) is 0 Å². The van der Waals surface area contributed by atoms with Crippen molar-refractivity contribution in [2.45, 2.75) is 362 Å². The Morgan fingerprint density at radius 3 is 0.588 bits per heavy atom. The van der Waals surface area contributed by atoms with Crippen molar-refractivity contribution in [2.75, 3.05) is 33.0 Å². The molecule has 10 aromatic rings. The predicted octanol–water partition coefficient (Wildman–Crippen LogP) is 32.4. The Labute approximate surface area is 790 Å². The topological polar surface area (TPSA) is 175 Å². The van der Waals surface area contributed by atoms with E-state index in [4.69, 9.17) is 23.7 Å². The number of aromatic nitrogens is 10. The molecule has 0 unspecified atom stereocenters. The van der Waals surface area contributed by atoms with E-state index in [1.165, 1.54) is 259 Å². The van der Waals surface area contributed by atoms with Crippen LogP contribution in [0.5, 0.6) is 28.7 Å². The van der Waals surface area contributed by atoms with E-state index in [-0.39, 0.29) is 0 Å². The molecular formula is C116H162N10O5. The van der Waals surface area contributed by atoms with E-state index in [0.717, 1.165) is 180 Å². The molecule has 5 saturated carbocycles. The molecule has 706 valence electrons. The first-order valence-corrected chi connectivity index (χ1v) is 52.2. The fourth-order valence-electron chi connectivity index (χ4n) is 19.8. The first-order valence-electron chi connectivity index (χ1n) is 52.2. The molecule has 0 bridgehead atoms. The summed E-state index contributed by atoms with van der Waals surface area (Å²) in [6.07, 6.45) is 74.2. The highest BCUT2D eigenvalue weighted by molar-refractivity contribution is 5.60. The molecule has 15 heteroatoms. The molecule has 0 radical (unpaired) electrons. The van der Waals surface area contributed by atoms with E-state index >= 15 is 0 Å². The van der Waals surface area contributed by atoms with Crippen LogP contribution in [0.2, 0.25) is 0 Å². The summed E-state index contributed by atoms with van der Waals surface area (Å²) in [4.78, 5) is 46.3. The number of hydrogen-bond donors (Lipinski definition) is 0. The van der Waals surface area contributed by atoms with Gasteiger partial charge in [-0.15, -0.1) is 0 Å². The van der Waals surface area contributed by atoms with Gasteiger partial charge in [-0.1, -0.05) is 172 Å². The zero-order chi connectivity index (χ0) is 91.7. The Hall–Kier alpha value is -9.50. The van der Waals surface area contributed by atoms with Crippen LogP contribution in [0.15, 0.2) is 183 Å². The zero-order valence-corrected chi connectivity index (χ0v) is 82.1. The van der Waals surface area contributed by atoms with Crippen LogP contribution in [0.3, 0.4) is 0 Å². The van der Waals surface area contributed by atoms with Crippen LogP contribution < -0.4 is 23.7 Å². The molecule has 0 amide bonds. The summed E-state index contributed by atoms with van der Waals surface area (Å²) in [7, 11) is 0. The van der Waals surface area contributed by atoms with Gasteiger partial charge >= 0.3 is 0 Å². The Kier molecular flexibility index (Phi) is 45.6. The van der Waals surface area contributed by atoms with Crippen LogP contribution in [-0.4, -0.2) is 82.9 Å². The summed E-state index contributed by atoms with van der Waals surface area (Å²) >= 11 is 0. The second kappa shape index (κ2) is 58.5. The number of hydrogen-bond acceptors (Lipinski definition) is 15. The normalized spacial score (nSPS) is 20.0. The van der Waals surface area contributed by atoms with E-state index in [1.807, 2.05) is 171 Å². The molecule has 0 N–H and O–H groups in total. The molecule has 5 fully saturated rings. The lowest BCUT2D eigenvalue weighted by atomic mass is 9.77. The molecule has 5 aromatic heterocycles. The molecule has 0 atom stereocenters. The monoisotopic (exact) mass is 1780 g/mol. The van der Waals surface area contributed by atoms with Gasteiger partial charge in [0.1, 0.15) is 28.7 Å². The van der Waals surface area contributed by atoms with Crippen molar-refractivity contribution in [3.8, 4) is 85.7 Å². The highest BCUT2D eigenvalue weighted by Gasteiger charge is 2.28. The van der Waals surface area contributed by atoms with Gasteiger partial charge in [0, 0.05) is 89.8 Å². The Morgan fingerprint density at radius 1 is 0.191 bits per heavy atom. The van der Waals surface area contributed by atoms with Gasteiger partial charge in [-0.2, -0.15) is 0 Å². The number of nitrogens with zero attached hydrogens (tertiary/aromatic N) is 10. The first kappa shape index (κ1) is 102. The maximum Gasteiger partial charge on any atom is 0.159 e. The van der Waals surface area contributed by atoms with E-state index in [9.17, 15) is 0 Å². The fraction of sp³-hybridized carbons (Fsp3) is 0.569. The number of ether oxygens (including phenoxy) is 5. The molecule has 0 saturated heterocycles. The highest BCUT2D eigenvalue weighted by Crippen LogP contribution is 2.43. The molecule has 131 heavy (non-hydrogen) atoms. The summed E-state index contributed by atoms with van der Waals surface area (Å²) in [6, 6.07) is 40.4. The van der Waals surface area contributed by atoms with Gasteiger partial charge in [-0.3, -0.25) is 0 Å². The van der Waals surface area contributed by atoms with Crippen LogP contribution >= 0.6 is 0 Å². The smallest absolute Gasteiger partial charge is 0.159 e. The van der Waals surface area contributed by atoms with Gasteiger partial charge in [-0.25, -0.2) is 49.8 Å². The summed E-state index contributed by atoms with van der Waals surface area (Å²) < 4.78 is 28.2. The maximum absolute atomic E-state index is 5.65. The number of unbranched alkanes of at least 4 members (excludes halogenated alkanes) is 7.